The largest absolute Gasteiger partial charge is 0.507 e. The number of halogens is 4. The van der Waals surface area contributed by atoms with Crippen molar-refractivity contribution in [3.8, 4) is 5.88 Å². The summed E-state index contributed by atoms with van der Waals surface area (Å²) in [6.07, 6.45) is -3.26. The van der Waals surface area contributed by atoms with Crippen molar-refractivity contribution >= 4 is 0 Å². The van der Waals surface area contributed by atoms with Gasteiger partial charge < -0.3 is 4.74 Å². The van der Waals surface area contributed by atoms with Crippen molar-refractivity contribution in [2.75, 3.05) is 6.61 Å². The molecule has 13 heavy (non-hydrogen) atoms. The predicted octanol–water partition coefficient (Wildman–Crippen LogP) is 1.70. The van der Waals surface area contributed by atoms with E-state index in [1.54, 1.807) is 0 Å². The van der Waals surface area contributed by atoms with Crippen molar-refractivity contribution in [2.45, 2.75) is 13.2 Å². The lowest BCUT2D eigenvalue weighted by Crippen LogP contribution is -2.19. The molecule has 0 bridgehead atoms. The molecule has 1 radical (unpaired) electrons. The molecule has 7 heteroatoms. The number of alkyl halides is 3. The maximum absolute atomic E-state index is 12.6. The smallest absolute Gasteiger partial charge is 0.476 e. The van der Waals surface area contributed by atoms with Crippen molar-refractivity contribution in [1.82, 2.24) is 9.78 Å². The molecule has 0 aromatic carbocycles. The molecule has 0 saturated heterocycles. The van der Waals surface area contributed by atoms with Crippen molar-refractivity contribution < 1.29 is 22.3 Å². The van der Waals surface area contributed by atoms with Crippen LogP contribution in [0, 0.1) is 12.0 Å². The van der Waals surface area contributed by atoms with Crippen LogP contribution >= 0.6 is 0 Å². The summed E-state index contributed by atoms with van der Waals surface area (Å²) in [4.78, 5) is 0. The van der Waals surface area contributed by atoms with Gasteiger partial charge in [-0.25, -0.2) is 0 Å². The number of nitrogens with zero attached hydrogens (tertiary/aromatic N) is 2. The summed E-state index contributed by atoms with van der Waals surface area (Å²) < 4.78 is 52.5. The third kappa shape index (κ3) is 1.90. The van der Waals surface area contributed by atoms with Crippen LogP contribution in [0.3, 0.4) is 0 Å². The zero-order valence-electron chi connectivity index (χ0n) is 6.52. The van der Waals surface area contributed by atoms with Gasteiger partial charge in [0.05, 0.1) is 6.61 Å². The first kappa shape index (κ1) is 9.82. The molecule has 73 valence electrons. The fraction of sp³-hybridized carbons (Fsp3) is 0.500. The summed E-state index contributed by atoms with van der Waals surface area (Å²) >= 11 is 0. The van der Waals surface area contributed by atoms with Gasteiger partial charge in [-0.05, 0) is 6.92 Å². The van der Waals surface area contributed by atoms with Gasteiger partial charge in [-0.1, -0.05) is 0 Å². The number of aromatic nitrogens is 2. The lowest BCUT2D eigenvalue weighted by molar-refractivity contribution is -0.215. The molecule has 0 N–H and O–H groups in total. The number of ether oxygens (including phenoxy) is 1. The van der Waals surface area contributed by atoms with Crippen LogP contribution in [0.25, 0.3) is 0 Å². The van der Waals surface area contributed by atoms with Gasteiger partial charge in [0, 0.05) is 0 Å². The zero-order valence-corrected chi connectivity index (χ0v) is 6.52. The molecule has 0 fully saturated rings. The van der Waals surface area contributed by atoms with E-state index in [4.69, 9.17) is 0 Å². The fourth-order valence-corrected chi connectivity index (χ4v) is 0.713. The van der Waals surface area contributed by atoms with E-state index in [1.807, 2.05) is 0 Å². The molecule has 3 nitrogen and oxygen atoms in total. The van der Waals surface area contributed by atoms with Gasteiger partial charge >= 0.3 is 6.30 Å². The lowest BCUT2D eigenvalue weighted by atomic mass is 10.6. The summed E-state index contributed by atoms with van der Waals surface area (Å²) in [5, 5.41) is 2.67. The summed E-state index contributed by atoms with van der Waals surface area (Å²) in [5.41, 5.74) is 0. The quantitative estimate of drug-likeness (QED) is 0.674. The molecule has 1 rings (SSSR count). The van der Waals surface area contributed by atoms with Gasteiger partial charge in [0.15, 0.2) is 6.20 Å². The minimum atomic E-state index is -4.79. The van der Waals surface area contributed by atoms with Crippen LogP contribution in [-0.4, -0.2) is 16.4 Å². The van der Waals surface area contributed by atoms with Crippen LogP contribution in [-0.2, 0) is 6.30 Å². The van der Waals surface area contributed by atoms with E-state index >= 15 is 0 Å². The molecular weight excluding hydrogens is 192 g/mol. The number of rotatable bonds is 2. The molecule has 1 aromatic rings. The van der Waals surface area contributed by atoms with Crippen LogP contribution in [0.15, 0.2) is 0 Å². The summed E-state index contributed by atoms with van der Waals surface area (Å²) in [5.74, 6) is -2.21. The molecule has 0 atom stereocenters. The van der Waals surface area contributed by atoms with E-state index in [-0.39, 0.29) is 6.61 Å². The summed E-state index contributed by atoms with van der Waals surface area (Å²) in [7, 11) is 0. The molecular formula is C6H5F4N2O. The van der Waals surface area contributed by atoms with E-state index in [1.165, 1.54) is 13.1 Å². The first-order valence-corrected chi connectivity index (χ1v) is 3.33. The third-order valence-electron chi connectivity index (χ3n) is 1.15. The number of hydrogen-bond donors (Lipinski definition) is 0. The predicted molar refractivity (Wildman–Crippen MR) is 33.5 cm³/mol. The van der Waals surface area contributed by atoms with Crippen LogP contribution < -0.4 is 4.74 Å². The van der Waals surface area contributed by atoms with Gasteiger partial charge in [0.25, 0.3) is 5.88 Å². The Morgan fingerprint density at radius 3 is 2.62 bits per heavy atom. The van der Waals surface area contributed by atoms with E-state index in [2.05, 4.69) is 9.84 Å². The van der Waals surface area contributed by atoms with Crippen LogP contribution in [0.5, 0.6) is 5.88 Å². The molecule has 0 amide bonds. The van der Waals surface area contributed by atoms with Gasteiger partial charge in [-0.2, -0.15) is 9.49 Å². The van der Waals surface area contributed by atoms with Crippen molar-refractivity contribution in [3.05, 3.63) is 12.0 Å². The average molecular weight is 197 g/mol. The lowest BCUT2D eigenvalue weighted by Gasteiger charge is -2.09. The van der Waals surface area contributed by atoms with Gasteiger partial charge in [-0.3, -0.25) is 0 Å². The Labute approximate surface area is 70.9 Å². The Morgan fingerprint density at radius 1 is 1.54 bits per heavy atom. The highest BCUT2D eigenvalue weighted by molar-refractivity contribution is 5.10. The van der Waals surface area contributed by atoms with Gasteiger partial charge in [-0.15, -0.1) is 17.9 Å². The van der Waals surface area contributed by atoms with Crippen LogP contribution in [0.1, 0.15) is 6.92 Å². The van der Waals surface area contributed by atoms with Crippen molar-refractivity contribution in [1.29, 1.82) is 0 Å². The van der Waals surface area contributed by atoms with Crippen LogP contribution in [0.4, 0.5) is 17.6 Å². The second-order valence-corrected chi connectivity index (χ2v) is 2.04. The molecule has 0 unspecified atom stereocenters. The van der Waals surface area contributed by atoms with Gasteiger partial charge in [0.1, 0.15) is 0 Å². The monoisotopic (exact) mass is 197 g/mol. The third-order valence-corrected chi connectivity index (χ3v) is 1.15. The minimum Gasteiger partial charge on any atom is -0.476 e. The molecule has 1 heterocycles. The Bertz CT molecular complexity index is 293. The summed E-state index contributed by atoms with van der Waals surface area (Å²) in [6, 6.07) is 0. The second-order valence-electron chi connectivity index (χ2n) is 2.04. The van der Waals surface area contributed by atoms with Gasteiger partial charge in [0.2, 0.25) is 5.82 Å². The molecule has 0 spiro atoms. The average Bonchev–Trinajstić information content (AvgIpc) is 2.32. The Morgan fingerprint density at radius 2 is 2.15 bits per heavy atom. The first-order valence-electron chi connectivity index (χ1n) is 3.33. The minimum absolute atomic E-state index is 0.0769. The van der Waals surface area contributed by atoms with E-state index in [0.29, 0.717) is 0 Å². The van der Waals surface area contributed by atoms with Crippen molar-refractivity contribution in [3.63, 3.8) is 0 Å². The molecule has 0 aliphatic rings. The molecule has 0 saturated carbocycles. The van der Waals surface area contributed by atoms with E-state index < -0.39 is 22.7 Å². The standard InChI is InChI=1S/C6H5F4N2O/c1-2-13-5-4(7)3-11-12(5)6(8,9)10/h2H2,1H3. The highest BCUT2D eigenvalue weighted by Gasteiger charge is 2.36. The molecule has 0 aliphatic carbocycles. The van der Waals surface area contributed by atoms with E-state index in [0.717, 1.165) is 0 Å². The molecule has 1 aromatic heterocycles. The Balaban J connectivity index is 3.07. The topological polar surface area (TPSA) is 27.1 Å². The maximum atomic E-state index is 12.6. The van der Waals surface area contributed by atoms with Crippen LogP contribution in [0.2, 0.25) is 0 Å². The molecule has 0 aliphatic heterocycles. The van der Waals surface area contributed by atoms with Crippen molar-refractivity contribution in [2.24, 2.45) is 0 Å². The highest BCUT2D eigenvalue weighted by atomic mass is 19.4. The fourth-order valence-electron chi connectivity index (χ4n) is 0.713. The normalized spacial score (nSPS) is 11.8. The first-order chi connectivity index (χ1) is 5.96. The second kappa shape index (κ2) is 3.23. The maximum Gasteiger partial charge on any atom is 0.507 e. The van der Waals surface area contributed by atoms with E-state index in [9.17, 15) is 17.6 Å². The highest BCUT2D eigenvalue weighted by Crippen LogP contribution is 2.28. The zero-order chi connectivity index (χ0) is 10.1. The summed E-state index contributed by atoms with van der Waals surface area (Å²) in [6.45, 7) is 1.36. The Hall–Kier alpha value is -1.27. The number of hydrogen-bond acceptors (Lipinski definition) is 2. The SMILES string of the molecule is CCOc1c(F)[c]nn1C(F)(F)F. The Kier molecular flexibility index (Phi) is 2.44.